The van der Waals surface area contributed by atoms with Crippen LogP contribution in [-0.4, -0.2) is 24.1 Å². The molecule has 0 bridgehead atoms. The van der Waals surface area contributed by atoms with E-state index in [-0.39, 0.29) is 12.5 Å². The second-order valence-electron chi connectivity index (χ2n) is 6.21. The van der Waals surface area contributed by atoms with Gasteiger partial charge < -0.3 is 14.8 Å². The van der Waals surface area contributed by atoms with Crippen LogP contribution in [0.2, 0.25) is 0 Å². The smallest absolute Gasteiger partial charge is 0.262 e. The number of hydrogen-bond donors (Lipinski definition) is 1. The molecule has 0 saturated carbocycles. The number of carbonyl (C=O) groups excluding carboxylic acids is 1. The van der Waals surface area contributed by atoms with Crippen molar-refractivity contribution in [2.24, 2.45) is 0 Å². The summed E-state index contributed by atoms with van der Waals surface area (Å²) in [5.41, 5.74) is 1.87. The number of ether oxygens (including phenoxy) is 2. The van der Waals surface area contributed by atoms with Gasteiger partial charge in [0.15, 0.2) is 6.61 Å². The summed E-state index contributed by atoms with van der Waals surface area (Å²) in [6.07, 6.45) is 0. The molecule has 1 N–H and O–H groups in total. The Bertz CT molecular complexity index is 1250. The van der Waals surface area contributed by atoms with Gasteiger partial charge in [0.25, 0.3) is 5.91 Å². The van der Waals surface area contributed by atoms with E-state index in [1.807, 2.05) is 31.4 Å². The Morgan fingerprint density at radius 1 is 1.24 bits per heavy atom. The molecule has 29 heavy (non-hydrogen) atoms. The third-order valence-electron chi connectivity index (χ3n) is 4.21. The van der Waals surface area contributed by atoms with Gasteiger partial charge in [0.1, 0.15) is 11.5 Å². The first kappa shape index (κ1) is 19.2. The molecule has 0 radical (unpaired) electrons. The van der Waals surface area contributed by atoms with E-state index in [0.29, 0.717) is 29.4 Å². The molecule has 0 fully saturated rings. The fourth-order valence-corrected chi connectivity index (χ4v) is 4.85. The van der Waals surface area contributed by atoms with Crippen LogP contribution in [0.3, 0.4) is 0 Å². The predicted molar refractivity (Wildman–Crippen MR) is 116 cm³/mol. The SMILES string of the molecule is CCOc1ccc(C#N)cc1NC(=O)COc1cc2sc(C)nc2c2sccc12. The van der Waals surface area contributed by atoms with E-state index >= 15 is 0 Å². The fourth-order valence-electron chi connectivity index (χ4n) is 3.01. The molecule has 146 valence electrons. The van der Waals surface area contributed by atoms with Crippen LogP contribution in [0.15, 0.2) is 35.7 Å². The molecular formula is C21H17N3O3S2. The standard InChI is InChI=1S/C21H17N3O3S2/c1-3-26-16-5-4-13(10-22)8-15(16)24-19(25)11-27-17-9-18-20(23-12(2)29-18)21-14(17)6-7-28-21/h4-9H,3,11H2,1-2H3,(H,24,25). The van der Waals surface area contributed by atoms with E-state index in [1.165, 1.54) is 0 Å². The fraction of sp³-hybridized carbons (Fsp3) is 0.190. The highest BCUT2D eigenvalue weighted by molar-refractivity contribution is 7.21. The first-order valence-corrected chi connectivity index (χ1v) is 10.7. The normalized spacial score (nSPS) is 10.8. The Hall–Kier alpha value is -3.15. The number of hydrogen-bond acceptors (Lipinski definition) is 7. The van der Waals surface area contributed by atoms with Crippen LogP contribution < -0.4 is 14.8 Å². The summed E-state index contributed by atoms with van der Waals surface area (Å²) in [5.74, 6) is 0.843. The van der Waals surface area contributed by atoms with E-state index in [1.54, 1.807) is 40.9 Å². The summed E-state index contributed by atoms with van der Waals surface area (Å²) in [6.45, 7) is 4.13. The molecule has 6 nitrogen and oxygen atoms in total. The summed E-state index contributed by atoms with van der Waals surface area (Å²) in [6, 6.07) is 10.9. The molecule has 4 rings (SSSR count). The quantitative estimate of drug-likeness (QED) is 0.466. The van der Waals surface area contributed by atoms with E-state index in [2.05, 4.69) is 16.4 Å². The minimum Gasteiger partial charge on any atom is -0.492 e. The maximum Gasteiger partial charge on any atom is 0.262 e. The number of aromatic nitrogens is 1. The van der Waals surface area contributed by atoms with Gasteiger partial charge in [0, 0.05) is 11.5 Å². The van der Waals surface area contributed by atoms with Gasteiger partial charge in [0.2, 0.25) is 0 Å². The lowest BCUT2D eigenvalue weighted by Gasteiger charge is -2.13. The Morgan fingerprint density at radius 3 is 2.90 bits per heavy atom. The molecule has 0 aliphatic rings. The summed E-state index contributed by atoms with van der Waals surface area (Å²) in [5, 5.41) is 15.8. The summed E-state index contributed by atoms with van der Waals surface area (Å²) >= 11 is 3.21. The Balaban J connectivity index is 1.54. The molecule has 1 amide bonds. The van der Waals surface area contributed by atoms with Crippen LogP contribution >= 0.6 is 22.7 Å². The molecule has 2 heterocycles. The molecule has 0 unspecified atom stereocenters. The monoisotopic (exact) mass is 423 g/mol. The van der Waals surface area contributed by atoms with Crippen LogP contribution in [0.1, 0.15) is 17.5 Å². The number of fused-ring (bicyclic) bond motifs is 3. The van der Waals surface area contributed by atoms with E-state index < -0.39 is 0 Å². The highest BCUT2D eigenvalue weighted by Gasteiger charge is 2.15. The molecule has 2 aromatic carbocycles. The first-order valence-electron chi connectivity index (χ1n) is 8.96. The van der Waals surface area contributed by atoms with Gasteiger partial charge >= 0.3 is 0 Å². The van der Waals surface area contributed by atoms with E-state index in [9.17, 15) is 4.79 Å². The maximum absolute atomic E-state index is 12.5. The number of nitriles is 1. The van der Waals surface area contributed by atoms with Crippen molar-refractivity contribution in [3.05, 3.63) is 46.3 Å². The molecule has 0 spiro atoms. The zero-order valence-electron chi connectivity index (χ0n) is 15.8. The lowest BCUT2D eigenvalue weighted by atomic mass is 10.2. The molecule has 8 heteroatoms. The number of amides is 1. The van der Waals surface area contributed by atoms with Crippen LogP contribution in [0.5, 0.6) is 11.5 Å². The number of thiazole rings is 1. The van der Waals surface area contributed by atoms with Crippen LogP contribution in [0.4, 0.5) is 5.69 Å². The second kappa shape index (κ2) is 8.07. The average Bonchev–Trinajstić information content (AvgIpc) is 3.33. The molecular weight excluding hydrogens is 406 g/mol. The number of aryl methyl sites for hydroxylation is 1. The molecule has 0 aliphatic heterocycles. The Morgan fingerprint density at radius 2 is 2.10 bits per heavy atom. The van der Waals surface area contributed by atoms with Crippen molar-refractivity contribution in [2.45, 2.75) is 13.8 Å². The number of rotatable bonds is 6. The highest BCUT2D eigenvalue weighted by Crippen LogP contribution is 2.38. The number of nitrogens with zero attached hydrogens (tertiary/aromatic N) is 2. The minimum atomic E-state index is -0.329. The van der Waals surface area contributed by atoms with Crippen molar-refractivity contribution in [2.75, 3.05) is 18.5 Å². The van der Waals surface area contributed by atoms with Gasteiger partial charge in [-0.15, -0.1) is 22.7 Å². The first-order chi connectivity index (χ1) is 14.1. The number of anilines is 1. The average molecular weight is 424 g/mol. The van der Waals surface area contributed by atoms with Crippen molar-refractivity contribution in [3.63, 3.8) is 0 Å². The zero-order chi connectivity index (χ0) is 20.4. The second-order valence-corrected chi connectivity index (χ2v) is 8.36. The predicted octanol–water partition coefficient (Wildman–Crippen LogP) is 5.11. The number of benzene rings is 2. The summed E-state index contributed by atoms with van der Waals surface area (Å²) < 4.78 is 13.5. The maximum atomic E-state index is 12.5. The zero-order valence-corrected chi connectivity index (χ0v) is 17.4. The van der Waals surface area contributed by atoms with Gasteiger partial charge in [-0.3, -0.25) is 4.79 Å². The van der Waals surface area contributed by atoms with Crippen molar-refractivity contribution in [1.29, 1.82) is 5.26 Å². The summed E-state index contributed by atoms with van der Waals surface area (Å²) in [7, 11) is 0. The molecule has 0 saturated heterocycles. The Kier molecular flexibility index (Phi) is 5.34. The van der Waals surface area contributed by atoms with Gasteiger partial charge in [-0.2, -0.15) is 5.26 Å². The van der Waals surface area contributed by atoms with Crippen molar-refractivity contribution in [1.82, 2.24) is 4.98 Å². The summed E-state index contributed by atoms with van der Waals surface area (Å²) in [4.78, 5) is 17.1. The molecule has 2 aromatic heterocycles. The van der Waals surface area contributed by atoms with Crippen LogP contribution in [-0.2, 0) is 4.79 Å². The third-order valence-corrected chi connectivity index (χ3v) is 6.05. The van der Waals surface area contributed by atoms with Crippen molar-refractivity contribution >= 4 is 54.6 Å². The molecule has 0 aliphatic carbocycles. The topological polar surface area (TPSA) is 84.2 Å². The lowest BCUT2D eigenvalue weighted by molar-refractivity contribution is -0.118. The van der Waals surface area contributed by atoms with Crippen LogP contribution in [0, 0.1) is 18.3 Å². The molecule has 4 aromatic rings. The van der Waals surface area contributed by atoms with Crippen molar-refractivity contribution in [3.8, 4) is 17.6 Å². The van der Waals surface area contributed by atoms with Crippen LogP contribution in [0.25, 0.3) is 20.3 Å². The number of thiophene rings is 1. The Labute approximate surface area is 175 Å². The number of nitrogens with one attached hydrogen (secondary N) is 1. The van der Waals surface area contributed by atoms with Gasteiger partial charge in [-0.05, 0) is 43.5 Å². The van der Waals surface area contributed by atoms with Gasteiger partial charge in [-0.1, -0.05) is 0 Å². The van der Waals surface area contributed by atoms with Gasteiger partial charge in [0.05, 0.1) is 43.9 Å². The minimum absolute atomic E-state index is 0.156. The van der Waals surface area contributed by atoms with E-state index in [4.69, 9.17) is 14.7 Å². The van der Waals surface area contributed by atoms with Crippen molar-refractivity contribution < 1.29 is 14.3 Å². The van der Waals surface area contributed by atoms with E-state index in [0.717, 1.165) is 25.3 Å². The highest BCUT2D eigenvalue weighted by atomic mass is 32.1. The largest absolute Gasteiger partial charge is 0.492 e. The number of carbonyl (C=O) groups is 1. The lowest BCUT2D eigenvalue weighted by Crippen LogP contribution is -2.20. The molecule has 0 atom stereocenters. The third kappa shape index (κ3) is 3.88. The van der Waals surface area contributed by atoms with Gasteiger partial charge in [-0.25, -0.2) is 4.98 Å².